The molecule has 0 fully saturated rings. The van der Waals surface area contributed by atoms with Gasteiger partial charge in [-0.2, -0.15) is 0 Å². The van der Waals surface area contributed by atoms with Crippen LogP contribution in [-0.2, 0) is 0 Å². The van der Waals surface area contributed by atoms with E-state index in [0.717, 1.165) is 0 Å². The number of hydrogen-bond donors (Lipinski definition) is 1. The number of anilines is 1. The van der Waals surface area contributed by atoms with Gasteiger partial charge in [-0.1, -0.05) is 6.07 Å². The van der Waals surface area contributed by atoms with Gasteiger partial charge in [0.15, 0.2) is 5.82 Å². The Morgan fingerprint density at radius 3 is 2.70 bits per heavy atom. The van der Waals surface area contributed by atoms with Gasteiger partial charge in [0.2, 0.25) is 0 Å². The van der Waals surface area contributed by atoms with E-state index < -0.39 is 0 Å². The van der Waals surface area contributed by atoms with Crippen LogP contribution < -0.4 is 3.53 Å². The van der Waals surface area contributed by atoms with Gasteiger partial charge in [0.1, 0.15) is 0 Å². The molecule has 0 aliphatic heterocycles. The first kappa shape index (κ1) is 8.26. The lowest BCUT2D eigenvalue weighted by Gasteiger charge is -1.99. The topological polar surface area (TPSA) is 12.0 Å². The van der Waals surface area contributed by atoms with Crippen LogP contribution in [0.1, 0.15) is 0 Å². The molecule has 0 amide bonds. The number of hydrogen-bond acceptors (Lipinski definition) is 1. The maximum absolute atomic E-state index is 12.9. The number of rotatable bonds is 1. The third-order valence-electron chi connectivity index (χ3n) is 1.05. The van der Waals surface area contributed by atoms with Crippen molar-refractivity contribution in [2.24, 2.45) is 0 Å². The molecule has 4 heteroatoms. The van der Waals surface area contributed by atoms with Crippen molar-refractivity contribution in [3.8, 4) is 0 Å². The molecular weight excluding hydrogens is 312 g/mol. The van der Waals surface area contributed by atoms with E-state index in [2.05, 4.69) is 19.5 Å². The van der Waals surface area contributed by atoms with Crippen molar-refractivity contribution in [2.75, 3.05) is 3.53 Å². The fourth-order valence-electron chi connectivity index (χ4n) is 0.577. The van der Waals surface area contributed by atoms with Gasteiger partial charge in [0.05, 0.1) is 33.0 Å². The van der Waals surface area contributed by atoms with Crippen LogP contribution in [0.2, 0.25) is 0 Å². The van der Waals surface area contributed by atoms with Gasteiger partial charge in [-0.15, -0.1) is 0 Å². The van der Waals surface area contributed by atoms with Crippen molar-refractivity contribution < 1.29 is 4.39 Å². The molecule has 0 atom stereocenters. The molecule has 0 aliphatic rings. The zero-order valence-electron chi connectivity index (χ0n) is 4.87. The second-order valence-corrected chi connectivity index (χ2v) is 3.09. The zero-order valence-corrected chi connectivity index (χ0v) is 8.61. The highest BCUT2D eigenvalue weighted by Crippen LogP contribution is 2.22. The number of benzene rings is 1. The highest BCUT2D eigenvalue weighted by molar-refractivity contribution is 14.1. The smallest absolute Gasteiger partial charge is 0.161 e. The number of halogens is 3. The molecule has 0 heterocycles. The van der Waals surface area contributed by atoms with Gasteiger partial charge >= 0.3 is 0 Å². The Hall–Kier alpha value is 0.160. The summed E-state index contributed by atoms with van der Waals surface area (Å²) >= 11 is 4.95. The van der Waals surface area contributed by atoms with Crippen molar-refractivity contribution in [3.05, 3.63) is 28.5 Å². The molecular formula is C6H4BrFIN. The van der Waals surface area contributed by atoms with E-state index in [0.29, 0.717) is 10.2 Å². The molecule has 0 aliphatic carbocycles. The first-order valence-corrected chi connectivity index (χ1v) is 4.43. The van der Waals surface area contributed by atoms with Crippen LogP contribution in [0.25, 0.3) is 0 Å². The van der Waals surface area contributed by atoms with Crippen LogP contribution >= 0.6 is 38.8 Å². The maximum atomic E-state index is 12.9. The molecule has 1 aromatic rings. The van der Waals surface area contributed by atoms with Gasteiger partial charge in [-0.25, -0.2) is 4.39 Å². The number of nitrogens with one attached hydrogen (secondary N) is 1. The van der Waals surface area contributed by atoms with E-state index in [-0.39, 0.29) is 5.82 Å². The molecule has 0 radical (unpaired) electrons. The van der Waals surface area contributed by atoms with Gasteiger partial charge in [-0.3, -0.25) is 0 Å². The lowest BCUT2D eigenvalue weighted by molar-refractivity contribution is 0.626. The molecule has 0 unspecified atom stereocenters. The summed E-state index contributed by atoms with van der Waals surface area (Å²) in [7, 11) is 0. The summed E-state index contributed by atoms with van der Waals surface area (Å²) in [5, 5.41) is 0. The first-order valence-electron chi connectivity index (χ1n) is 2.56. The van der Waals surface area contributed by atoms with Crippen LogP contribution in [0.3, 0.4) is 0 Å². The van der Waals surface area contributed by atoms with Crippen molar-refractivity contribution in [3.63, 3.8) is 0 Å². The Morgan fingerprint density at radius 1 is 1.50 bits per heavy atom. The molecule has 0 saturated carbocycles. The molecule has 54 valence electrons. The van der Waals surface area contributed by atoms with Gasteiger partial charge in [0, 0.05) is 0 Å². The fourth-order valence-corrected chi connectivity index (χ4v) is 1.36. The molecule has 10 heavy (non-hydrogen) atoms. The molecule has 1 nitrogen and oxygen atoms in total. The minimum atomic E-state index is -0.253. The molecule has 0 aromatic heterocycles. The predicted octanol–water partition coefficient (Wildman–Crippen LogP) is 3.35. The van der Waals surface area contributed by atoms with E-state index in [1.807, 2.05) is 22.9 Å². The molecule has 0 bridgehead atoms. The van der Waals surface area contributed by atoms with E-state index in [9.17, 15) is 4.39 Å². The molecule has 1 N–H and O–H groups in total. The van der Waals surface area contributed by atoms with Crippen molar-refractivity contribution >= 4 is 44.5 Å². The predicted molar refractivity (Wildman–Crippen MR) is 51.7 cm³/mol. The molecule has 0 saturated heterocycles. The second kappa shape index (κ2) is 3.52. The standard InChI is InChI=1S/C6H4BrFIN/c7-4-2-1-3-5(10-9)6(4)8/h1-3,10H. The Labute approximate surface area is 80.6 Å². The highest BCUT2D eigenvalue weighted by atomic mass is 127. The Kier molecular flexibility index (Phi) is 2.91. The summed E-state index contributed by atoms with van der Waals surface area (Å²) in [6.45, 7) is 0. The van der Waals surface area contributed by atoms with Crippen molar-refractivity contribution in [1.82, 2.24) is 0 Å². The van der Waals surface area contributed by atoms with Crippen LogP contribution in [0.4, 0.5) is 10.1 Å². The Balaban J connectivity index is 3.14. The Morgan fingerprint density at radius 2 is 2.20 bits per heavy atom. The quantitative estimate of drug-likeness (QED) is 0.619. The van der Waals surface area contributed by atoms with Gasteiger partial charge in [-0.05, 0) is 28.1 Å². The van der Waals surface area contributed by atoms with Crippen molar-refractivity contribution in [1.29, 1.82) is 0 Å². The zero-order chi connectivity index (χ0) is 7.56. The third kappa shape index (κ3) is 1.60. The average Bonchev–Trinajstić information content (AvgIpc) is 1.95. The average molecular weight is 316 g/mol. The van der Waals surface area contributed by atoms with Crippen molar-refractivity contribution in [2.45, 2.75) is 0 Å². The summed E-state index contributed by atoms with van der Waals surface area (Å²) in [5.41, 5.74) is 0.495. The normalized spacial score (nSPS) is 9.50. The lowest BCUT2D eigenvalue weighted by Crippen LogP contribution is -1.85. The molecule has 1 rings (SSSR count). The minimum absolute atomic E-state index is 0.253. The highest BCUT2D eigenvalue weighted by Gasteiger charge is 2.02. The fraction of sp³-hybridized carbons (Fsp3) is 0. The largest absolute Gasteiger partial charge is 0.326 e. The first-order chi connectivity index (χ1) is 4.75. The monoisotopic (exact) mass is 315 g/mol. The van der Waals surface area contributed by atoms with Gasteiger partial charge < -0.3 is 3.53 Å². The maximum Gasteiger partial charge on any atom is 0.161 e. The summed E-state index contributed by atoms with van der Waals surface area (Å²) in [6, 6.07) is 5.10. The van der Waals surface area contributed by atoms with Crippen LogP contribution in [0.5, 0.6) is 0 Å². The van der Waals surface area contributed by atoms with Crippen LogP contribution in [-0.4, -0.2) is 0 Å². The molecule has 0 spiro atoms. The van der Waals surface area contributed by atoms with Gasteiger partial charge in [0.25, 0.3) is 0 Å². The third-order valence-corrected chi connectivity index (χ3v) is 2.25. The van der Waals surface area contributed by atoms with Crippen LogP contribution in [0, 0.1) is 5.82 Å². The summed E-state index contributed by atoms with van der Waals surface area (Å²) in [5.74, 6) is -0.253. The second-order valence-electron chi connectivity index (χ2n) is 1.70. The minimum Gasteiger partial charge on any atom is -0.326 e. The Bertz CT molecular complexity index is 241. The van der Waals surface area contributed by atoms with E-state index >= 15 is 0 Å². The van der Waals surface area contributed by atoms with E-state index in [1.54, 1.807) is 18.2 Å². The summed E-state index contributed by atoms with van der Waals surface area (Å²) in [4.78, 5) is 0. The SMILES string of the molecule is Fc1c(Br)cccc1NI. The summed E-state index contributed by atoms with van der Waals surface area (Å²) < 4.78 is 16.1. The van der Waals surface area contributed by atoms with E-state index in [1.165, 1.54) is 0 Å². The lowest BCUT2D eigenvalue weighted by atomic mass is 10.3. The van der Waals surface area contributed by atoms with E-state index in [4.69, 9.17) is 0 Å². The molecule has 1 aromatic carbocycles. The summed E-state index contributed by atoms with van der Waals surface area (Å²) in [6.07, 6.45) is 0. The van der Waals surface area contributed by atoms with Crippen LogP contribution in [0.15, 0.2) is 22.7 Å².